The van der Waals surface area contributed by atoms with Gasteiger partial charge in [0.1, 0.15) is 5.69 Å². The summed E-state index contributed by atoms with van der Waals surface area (Å²) in [6.45, 7) is 2.92. The normalized spacial score (nSPS) is 17.3. The summed E-state index contributed by atoms with van der Waals surface area (Å²) in [5, 5.41) is 1.09. The third-order valence-electron chi connectivity index (χ3n) is 5.65. The monoisotopic (exact) mass is 359 g/mol. The average molecular weight is 359 g/mol. The number of hydrogen-bond acceptors (Lipinski definition) is 3. The van der Waals surface area contributed by atoms with Crippen LogP contribution in [0.1, 0.15) is 30.3 Å². The Kier molecular flexibility index (Phi) is 3.53. The van der Waals surface area contributed by atoms with Crippen LogP contribution in [0.3, 0.4) is 0 Å². The van der Waals surface area contributed by atoms with E-state index in [2.05, 4.69) is 33.6 Å². The highest BCUT2D eigenvalue weighted by molar-refractivity contribution is 6.10. The second-order valence-corrected chi connectivity index (χ2v) is 7.21. The standard InChI is InChI=1S/C21H21N5O/c1-14-7-5-12-25(14)20(27)18-13-17-19(26(18)21-22-10-6-11-23-21)15-8-3-4-9-16(15)24(17)2/h3-4,6,8-11,13-14H,5,7,12H2,1-2H3/t14-/m0/s1. The summed E-state index contributed by atoms with van der Waals surface area (Å²) in [6.07, 6.45) is 5.53. The number of fused-ring (bicyclic) bond motifs is 3. The molecular weight excluding hydrogens is 338 g/mol. The van der Waals surface area contributed by atoms with Crippen molar-refractivity contribution in [1.29, 1.82) is 0 Å². The summed E-state index contributed by atoms with van der Waals surface area (Å²) in [6, 6.07) is 12.3. The van der Waals surface area contributed by atoms with Crippen LogP contribution >= 0.6 is 0 Å². The Hall–Kier alpha value is -3.15. The van der Waals surface area contributed by atoms with Crippen molar-refractivity contribution in [3.63, 3.8) is 0 Å². The first-order valence-corrected chi connectivity index (χ1v) is 9.34. The minimum Gasteiger partial charge on any atom is -0.342 e. The van der Waals surface area contributed by atoms with Gasteiger partial charge in [-0.1, -0.05) is 18.2 Å². The van der Waals surface area contributed by atoms with Gasteiger partial charge in [0.2, 0.25) is 5.95 Å². The molecule has 1 aromatic carbocycles. The van der Waals surface area contributed by atoms with Gasteiger partial charge in [0.15, 0.2) is 0 Å². The second-order valence-electron chi connectivity index (χ2n) is 7.21. The van der Waals surface area contributed by atoms with Gasteiger partial charge >= 0.3 is 0 Å². The number of para-hydroxylation sites is 1. The zero-order valence-electron chi connectivity index (χ0n) is 15.5. The van der Waals surface area contributed by atoms with Gasteiger partial charge in [0.05, 0.1) is 16.6 Å². The number of benzene rings is 1. The number of hydrogen-bond donors (Lipinski definition) is 0. The summed E-state index contributed by atoms with van der Waals surface area (Å²) < 4.78 is 4.05. The fourth-order valence-corrected chi connectivity index (χ4v) is 4.26. The molecule has 27 heavy (non-hydrogen) atoms. The molecule has 4 aromatic rings. The molecule has 6 nitrogen and oxygen atoms in total. The first kappa shape index (κ1) is 16.1. The van der Waals surface area contributed by atoms with Crippen LogP contribution in [0.4, 0.5) is 0 Å². The van der Waals surface area contributed by atoms with Gasteiger partial charge in [0.25, 0.3) is 5.91 Å². The lowest BCUT2D eigenvalue weighted by Gasteiger charge is -2.22. The van der Waals surface area contributed by atoms with Crippen molar-refractivity contribution < 1.29 is 4.79 Å². The molecule has 1 saturated heterocycles. The molecule has 0 saturated carbocycles. The summed E-state index contributed by atoms with van der Waals surface area (Å²) in [4.78, 5) is 24.3. The van der Waals surface area contributed by atoms with Crippen molar-refractivity contribution in [3.05, 3.63) is 54.5 Å². The van der Waals surface area contributed by atoms with E-state index in [1.54, 1.807) is 18.5 Å². The summed E-state index contributed by atoms with van der Waals surface area (Å²) in [7, 11) is 2.04. The molecule has 0 bridgehead atoms. The van der Waals surface area contributed by atoms with Crippen molar-refractivity contribution in [1.82, 2.24) is 24.0 Å². The second kappa shape index (κ2) is 5.94. The van der Waals surface area contributed by atoms with Crippen LogP contribution in [0.5, 0.6) is 0 Å². The molecule has 0 aliphatic carbocycles. The average Bonchev–Trinajstić information content (AvgIpc) is 3.37. The summed E-state index contributed by atoms with van der Waals surface area (Å²) in [5.74, 6) is 0.576. The molecule has 1 fully saturated rings. The Morgan fingerprint density at radius 3 is 2.63 bits per heavy atom. The summed E-state index contributed by atoms with van der Waals surface area (Å²) in [5.41, 5.74) is 3.75. The maximum absolute atomic E-state index is 13.4. The SMILES string of the molecule is C[C@H]1CCCN1C(=O)c1cc2c(c3ccccc3n2C)n1-c1ncccn1. The zero-order chi connectivity index (χ0) is 18.5. The van der Waals surface area contributed by atoms with E-state index in [0.29, 0.717) is 11.6 Å². The molecule has 0 spiro atoms. The third kappa shape index (κ3) is 2.29. The van der Waals surface area contributed by atoms with Crippen LogP contribution in [-0.2, 0) is 7.05 Å². The molecule has 1 aliphatic heterocycles. The van der Waals surface area contributed by atoms with E-state index in [1.807, 2.05) is 34.7 Å². The van der Waals surface area contributed by atoms with Crippen LogP contribution in [0, 0.1) is 0 Å². The molecule has 0 unspecified atom stereocenters. The maximum atomic E-state index is 13.4. The number of nitrogens with zero attached hydrogens (tertiary/aromatic N) is 5. The van der Waals surface area contributed by atoms with Crippen LogP contribution in [0.15, 0.2) is 48.8 Å². The number of amides is 1. The van der Waals surface area contributed by atoms with Crippen LogP contribution in [0.25, 0.3) is 27.9 Å². The van der Waals surface area contributed by atoms with Gasteiger partial charge in [-0.3, -0.25) is 9.36 Å². The lowest BCUT2D eigenvalue weighted by atomic mass is 10.2. The molecule has 4 heterocycles. The van der Waals surface area contributed by atoms with Gasteiger partial charge in [-0.05, 0) is 38.0 Å². The van der Waals surface area contributed by atoms with E-state index in [4.69, 9.17) is 0 Å². The Morgan fingerprint density at radius 2 is 1.89 bits per heavy atom. The molecule has 0 N–H and O–H groups in total. The van der Waals surface area contributed by atoms with E-state index < -0.39 is 0 Å². The predicted octanol–water partition coefficient (Wildman–Crippen LogP) is 3.54. The molecule has 3 aromatic heterocycles. The van der Waals surface area contributed by atoms with Gasteiger partial charge in [0, 0.05) is 37.4 Å². The number of carbonyl (C=O) groups excluding carboxylic acids is 1. The Morgan fingerprint density at radius 1 is 1.11 bits per heavy atom. The quantitative estimate of drug-likeness (QED) is 0.550. The first-order chi connectivity index (χ1) is 13.2. The molecule has 5 rings (SSSR count). The first-order valence-electron chi connectivity index (χ1n) is 9.34. The van der Waals surface area contributed by atoms with Crippen LogP contribution < -0.4 is 0 Å². The van der Waals surface area contributed by atoms with E-state index in [0.717, 1.165) is 41.3 Å². The Labute approximate surface area is 157 Å². The minimum atomic E-state index is 0.0488. The number of likely N-dealkylation sites (tertiary alicyclic amines) is 1. The molecular formula is C21H21N5O. The van der Waals surface area contributed by atoms with Crippen molar-refractivity contribution in [2.24, 2.45) is 7.05 Å². The van der Waals surface area contributed by atoms with Gasteiger partial charge < -0.3 is 9.47 Å². The number of aromatic nitrogens is 4. The predicted molar refractivity (Wildman–Crippen MR) is 105 cm³/mol. The number of rotatable bonds is 2. The number of carbonyl (C=O) groups is 1. The van der Waals surface area contributed by atoms with Gasteiger partial charge in [-0.25, -0.2) is 9.97 Å². The smallest absolute Gasteiger partial charge is 0.271 e. The minimum absolute atomic E-state index is 0.0488. The lowest BCUT2D eigenvalue weighted by Crippen LogP contribution is -2.34. The molecule has 1 aliphatic rings. The fourth-order valence-electron chi connectivity index (χ4n) is 4.26. The highest BCUT2D eigenvalue weighted by Gasteiger charge is 2.30. The van der Waals surface area contributed by atoms with Crippen LogP contribution in [0.2, 0.25) is 0 Å². The fraction of sp³-hybridized carbons (Fsp3) is 0.286. The topological polar surface area (TPSA) is 56.0 Å². The van der Waals surface area contributed by atoms with E-state index in [-0.39, 0.29) is 11.9 Å². The van der Waals surface area contributed by atoms with Crippen LogP contribution in [-0.4, -0.2) is 42.5 Å². The van der Waals surface area contributed by atoms with E-state index in [1.165, 1.54) is 0 Å². The zero-order valence-corrected chi connectivity index (χ0v) is 15.5. The van der Waals surface area contributed by atoms with E-state index in [9.17, 15) is 4.79 Å². The largest absolute Gasteiger partial charge is 0.342 e. The molecule has 0 radical (unpaired) electrons. The molecule has 136 valence electrons. The van der Waals surface area contributed by atoms with Crippen molar-refractivity contribution in [2.75, 3.05) is 6.54 Å². The van der Waals surface area contributed by atoms with Crippen molar-refractivity contribution >= 4 is 27.8 Å². The lowest BCUT2D eigenvalue weighted by molar-refractivity contribution is 0.0739. The number of aryl methyl sites for hydroxylation is 1. The molecule has 1 amide bonds. The Bertz CT molecular complexity index is 1160. The van der Waals surface area contributed by atoms with Crippen molar-refractivity contribution in [2.45, 2.75) is 25.8 Å². The molecule has 6 heteroatoms. The summed E-state index contributed by atoms with van der Waals surface area (Å²) >= 11 is 0. The highest BCUT2D eigenvalue weighted by atomic mass is 16.2. The van der Waals surface area contributed by atoms with Gasteiger partial charge in [-0.15, -0.1) is 0 Å². The van der Waals surface area contributed by atoms with Crippen molar-refractivity contribution in [3.8, 4) is 5.95 Å². The third-order valence-corrected chi connectivity index (χ3v) is 5.65. The highest BCUT2D eigenvalue weighted by Crippen LogP contribution is 2.33. The molecule has 1 atom stereocenters. The van der Waals surface area contributed by atoms with Gasteiger partial charge in [-0.2, -0.15) is 0 Å². The maximum Gasteiger partial charge on any atom is 0.271 e. The van der Waals surface area contributed by atoms with E-state index >= 15 is 0 Å². The Balaban J connectivity index is 1.83.